The van der Waals surface area contributed by atoms with E-state index in [0.29, 0.717) is 27.4 Å². The minimum atomic E-state index is -0.196. The first-order valence-corrected chi connectivity index (χ1v) is 5.30. The van der Waals surface area contributed by atoms with E-state index < -0.39 is 0 Å². The van der Waals surface area contributed by atoms with Gasteiger partial charge in [0.25, 0.3) is 0 Å². The van der Waals surface area contributed by atoms with Crippen LogP contribution < -0.4 is 10.6 Å². The molecule has 0 fully saturated rings. The predicted molar refractivity (Wildman–Crippen MR) is 66.0 cm³/mol. The van der Waals surface area contributed by atoms with Crippen molar-refractivity contribution >= 4 is 12.3 Å². The molecule has 0 amide bonds. The summed E-state index contributed by atoms with van der Waals surface area (Å²) in [6.07, 6.45) is 0. The third-order valence-corrected chi connectivity index (χ3v) is 2.82. The summed E-state index contributed by atoms with van der Waals surface area (Å²) in [5.41, 5.74) is 1.65. The van der Waals surface area contributed by atoms with Crippen molar-refractivity contribution in [3.05, 3.63) is 40.9 Å². The van der Waals surface area contributed by atoms with Crippen LogP contribution in [0.3, 0.4) is 0 Å². The average Bonchev–Trinajstić information content (AvgIpc) is 2.82. The van der Waals surface area contributed by atoms with E-state index in [1.807, 2.05) is 0 Å². The molecule has 1 aliphatic heterocycles. The minimum Gasteiger partial charge on any atom is -0.504 e. The van der Waals surface area contributed by atoms with Gasteiger partial charge in [-0.1, -0.05) is 24.8 Å². The van der Waals surface area contributed by atoms with E-state index in [2.05, 4.69) is 22.0 Å². The van der Waals surface area contributed by atoms with Gasteiger partial charge < -0.3 is 10.2 Å². The molecule has 0 spiro atoms. The lowest BCUT2D eigenvalue weighted by atomic mass is 10.00. The van der Waals surface area contributed by atoms with Gasteiger partial charge in [-0.25, -0.2) is 0 Å². The van der Waals surface area contributed by atoms with Crippen LogP contribution in [-0.4, -0.2) is 10.2 Å². The second-order valence-corrected chi connectivity index (χ2v) is 3.93. The molecule has 0 aliphatic carbocycles. The van der Waals surface area contributed by atoms with Crippen LogP contribution in [-0.2, 0) is 0 Å². The van der Waals surface area contributed by atoms with E-state index in [1.165, 1.54) is 6.07 Å². The van der Waals surface area contributed by atoms with Crippen molar-refractivity contribution in [2.45, 2.75) is 0 Å². The molecule has 1 heterocycles. The number of rotatable bonds is 1. The zero-order valence-corrected chi connectivity index (χ0v) is 9.33. The Balaban J connectivity index is 2.41. The van der Waals surface area contributed by atoms with Crippen LogP contribution >= 0.6 is 0 Å². The van der Waals surface area contributed by atoms with Gasteiger partial charge in [0.05, 0.1) is 0 Å². The van der Waals surface area contributed by atoms with Gasteiger partial charge >= 0.3 is 0 Å². The summed E-state index contributed by atoms with van der Waals surface area (Å²) in [7, 11) is 0. The molecule has 2 aromatic rings. The maximum atomic E-state index is 9.93. The van der Waals surface area contributed by atoms with Crippen molar-refractivity contribution in [1.82, 2.24) is 0 Å². The molecule has 18 heavy (non-hydrogen) atoms. The molecular formula is C13H9N3O2. The largest absolute Gasteiger partial charge is 0.504 e. The minimum absolute atomic E-state index is 0.184. The zero-order valence-electron chi connectivity index (χ0n) is 9.33. The second-order valence-electron chi connectivity index (χ2n) is 3.93. The molecular weight excluding hydrogens is 230 g/mol. The molecule has 5 heteroatoms. The van der Waals surface area contributed by atoms with Gasteiger partial charge in [-0.05, 0) is 22.6 Å². The Labute approximate surface area is 102 Å². The number of aromatic hydroxyl groups is 2. The first-order chi connectivity index (χ1) is 8.68. The van der Waals surface area contributed by atoms with Crippen molar-refractivity contribution in [2.24, 2.45) is 15.4 Å². The van der Waals surface area contributed by atoms with Crippen molar-refractivity contribution < 1.29 is 10.2 Å². The second kappa shape index (κ2) is 3.66. The number of nitrogens with zero attached hydrogens (tertiary/aromatic N) is 3. The van der Waals surface area contributed by atoms with Crippen LogP contribution in [0.25, 0.3) is 17.7 Å². The molecule has 88 valence electrons. The molecule has 1 aliphatic rings. The summed E-state index contributed by atoms with van der Waals surface area (Å²) in [4.78, 5) is 0. The number of fused-ring (bicyclic) bond motifs is 1. The quantitative estimate of drug-likeness (QED) is 0.744. The fourth-order valence-electron chi connectivity index (χ4n) is 1.95. The van der Waals surface area contributed by atoms with Crippen LogP contribution in [0.4, 0.5) is 5.69 Å². The molecule has 0 saturated heterocycles. The summed E-state index contributed by atoms with van der Waals surface area (Å²) >= 11 is 0. The Morgan fingerprint density at radius 2 is 1.89 bits per heavy atom. The fourth-order valence-corrected chi connectivity index (χ4v) is 1.95. The van der Waals surface area contributed by atoms with E-state index in [9.17, 15) is 10.2 Å². The third kappa shape index (κ3) is 1.37. The Hall–Kier alpha value is -2.69. The highest BCUT2D eigenvalue weighted by atomic mass is 16.3. The van der Waals surface area contributed by atoms with Crippen molar-refractivity contribution in [3.63, 3.8) is 0 Å². The monoisotopic (exact) mass is 239 g/mol. The standard InChI is InChI=1S/C13H9N3O2/c1-7-5-6-9-12(15-16-14-9)11(7)8-3-2-4-10(17)13(8)18/h2-6,17-18H,1H2. The van der Waals surface area contributed by atoms with Gasteiger partial charge in [0.15, 0.2) is 11.5 Å². The number of hydrogen-bond donors (Lipinski definition) is 2. The topological polar surface area (TPSA) is 77.5 Å². The highest BCUT2D eigenvalue weighted by molar-refractivity contribution is 5.81. The summed E-state index contributed by atoms with van der Waals surface area (Å²) in [6.45, 7) is 3.91. The van der Waals surface area contributed by atoms with Gasteiger partial charge in [-0.15, -0.1) is 10.2 Å². The van der Waals surface area contributed by atoms with Crippen LogP contribution in [0, 0.1) is 0 Å². The first-order valence-electron chi connectivity index (χ1n) is 5.30. The normalized spacial score (nSPS) is 12.2. The SMILES string of the molecule is C=c1ccc2c(c1-c1cccc(O)c1O)N=NN=2. The lowest BCUT2D eigenvalue weighted by molar-refractivity contribution is 0.405. The van der Waals surface area contributed by atoms with Gasteiger partial charge in [-0.3, -0.25) is 0 Å². The van der Waals surface area contributed by atoms with E-state index in [-0.39, 0.29) is 11.5 Å². The van der Waals surface area contributed by atoms with Gasteiger partial charge in [0.1, 0.15) is 11.0 Å². The van der Waals surface area contributed by atoms with Crippen molar-refractivity contribution in [3.8, 4) is 22.6 Å². The Morgan fingerprint density at radius 1 is 1.06 bits per heavy atom. The lowest BCUT2D eigenvalue weighted by Crippen LogP contribution is -2.10. The smallest absolute Gasteiger partial charge is 0.165 e. The van der Waals surface area contributed by atoms with Crippen LogP contribution in [0.1, 0.15) is 0 Å². The number of phenols is 2. The molecule has 5 nitrogen and oxygen atoms in total. The molecule has 0 atom stereocenters. The molecule has 0 saturated carbocycles. The summed E-state index contributed by atoms with van der Waals surface area (Å²) < 4.78 is 0. The molecule has 0 radical (unpaired) electrons. The number of hydrogen-bond acceptors (Lipinski definition) is 5. The Morgan fingerprint density at radius 3 is 2.72 bits per heavy atom. The highest BCUT2D eigenvalue weighted by Crippen LogP contribution is 2.37. The number of para-hydroxylation sites is 1. The Kier molecular flexibility index (Phi) is 2.13. The van der Waals surface area contributed by atoms with Crippen LogP contribution in [0.5, 0.6) is 11.5 Å². The van der Waals surface area contributed by atoms with E-state index in [1.54, 1.807) is 24.3 Å². The highest BCUT2D eigenvalue weighted by Gasteiger charge is 2.16. The van der Waals surface area contributed by atoms with Crippen molar-refractivity contribution in [1.29, 1.82) is 0 Å². The van der Waals surface area contributed by atoms with Crippen LogP contribution in [0.15, 0.2) is 45.8 Å². The molecule has 0 aromatic heterocycles. The third-order valence-electron chi connectivity index (χ3n) is 2.82. The maximum Gasteiger partial charge on any atom is 0.165 e. The number of phenolic OH excluding ortho intramolecular Hbond substituents is 2. The molecule has 2 aromatic carbocycles. The summed E-state index contributed by atoms with van der Waals surface area (Å²) in [5.74, 6) is -0.380. The number of benzene rings is 2. The van der Waals surface area contributed by atoms with E-state index >= 15 is 0 Å². The summed E-state index contributed by atoms with van der Waals surface area (Å²) in [5, 5.41) is 32.2. The first kappa shape index (κ1) is 10.5. The Bertz CT molecular complexity index is 782. The van der Waals surface area contributed by atoms with Crippen LogP contribution in [0.2, 0.25) is 0 Å². The molecule has 3 rings (SSSR count). The molecule has 0 unspecified atom stereocenters. The van der Waals surface area contributed by atoms with E-state index in [4.69, 9.17) is 0 Å². The molecule has 2 N–H and O–H groups in total. The molecule has 0 bridgehead atoms. The van der Waals surface area contributed by atoms with Gasteiger partial charge in [-0.2, -0.15) is 0 Å². The average molecular weight is 239 g/mol. The van der Waals surface area contributed by atoms with Gasteiger partial charge in [0.2, 0.25) is 0 Å². The zero-order chi connectivity index (χ0) is 12.7. The summed E-state index contributed by atoms with van der Waals surface area (Å²) in [6, 6.07) is 8.29. The van der Waals surface area contributed by atoms with Crippen molar-refractivity contribution in [2.75, 3.05) is 0 Å². The fraction of sp³-hybridized carbons (Fsp3) is 0. The lowest BCUT2D eigenvalue weighted by Gasteiger charge is -2.08. The maximum absolute atomic E-state index is 9.93. The van der Waals surface area contributed by atoms with Gasteiger partial charge in [0, 0.05) is 11.1 Å². The predicted octanol–water partition coefficient (Wildman–Crippen LogP) is 1.81. The van der Waals surface area contributed by atoms with E-state index in [0.717, 1.165) is 0 Å².